The summed E-state index contributed by atoms with van der Waals surface area (Å²) in [6.07, 6.45) is 0.746. The van der Waals surface area contributed by atoms with Gasteiger partial charge in [0.15, 0.2) is 0 Å². The first kappa shape index (κ1) is 18.6. The van der Waals surface area contributed by atoms with Crippen molar-refractivity contribution in [3.8, 4) is 5.75 Å². The summed E-state index contributed by atoms with van der Waals surface area (Å²) in [5.41, 5.74) is 5.38. The molecule has 0 saturated carbocycles. The number of rotatable bonds is 3. The van der Waals surface area contributed by atoms with E-state index in [0.29, 0.717) is 6.54 Å². The average molecular weight is 355 g/mol. The third kappa shape index (κ3) is 3.54. The van der Waals surface area contributed by atoms with E-state index in [2.05, 4.69) is 50.6 Å². The highest BCUT2D eigenvalue weighted by Gasteiger charge is 2.25. The zero-order valence-corrected chi connectivity index (χ0v) is 16.7. The van der Waals surface area contributed by atoms with Crippen molar-refractivity contribution in [2.24, 2.45) is 0 Å². The van der Waals surface area contributed by atoms with E-state index in [4.69, 9.17) is 9.72 Å². The monoisotopic (exact) mass is 355 g/mol. The van der Waals surface area contributed by atoms with E-state index in [0.717, 1.165) is 42.3 Å². The first-order valence-electron chi connectivity index (χ1n) is 9.18. The van der Waals surface area contributed by atoms with Crippen LogP contribution in [0.1, 0.15) is 54.5 Å². The number of H-pyrrole nitrogens is 1. The van der Waals surface area contributed by atoms with Crippen molar-refractivity contribution in [3.63, 3.8) is 0 Å². The summed E-state index contributed by atoms with van der Waals surface area (Å²) in [4.78, 5) is 22.6. The molecular weight excluding hydrogens is 326 g/mol. The number of aromatic amines is 1. The summed E-state index contributed by atoms with van der Waals surface area (Å²) in [5.74, 6) is 1.69. The summed E-state index contributed by atoms with van der Waals surface area (Å²) in [7, 11) is 1.71. The molecule has 0 fully saturated rings. The van der Waals surface area contributed by atoms with Gasteiger partial charge in [0.2, 0.25) is 0 Å². The van der Waals surface area contributed by atoms with E-state index in [1.54, 1.807) is 7.11 Å². The Labute approximate surface area is 155 Å². The molecule has 0 amide bonds. The lowest BCUT2D eigenvalue weighted by molar-refractivity contribution is 0.238. The van der Waals surface area contributed by atoms with Gasteiger partial charge >= 0.3 is 0 Å². The largest absolute Gasteiger partial charge is 0.496 e. The predicted molar refractivity (Wildman–Crippen MR) is 104 cm³/mol. The lowest BCUT2D eigenvalue weighted by Gasteiger charge is -2.29. The summed E-state index contributed by atoms with van der Waals surface area (Å²) < 4.78 is 5.41. The van der Waals surface area contributed by atoms with Crippen LogP contribution in [0.5, 0.6) is 5.75 Å². The van der Waals surface area contributed by atoms with E-state index in [1.807, 2.05) is 6.07 Å². The topological polar surface area (TPSA) is 58.2 Å². The summed E-state index contributed by atoms with van der Waals surface area (Å²) in [5, 5.41) is 0. The van der Waals surface area contributed by atoms with Crippen LogP contribution in [0.4, 0.5) is 0 Å². The zero-order chi connectivity index (χ0) is 19.1. The molecule has 0 spiro atoms. The molecule has 1 aliphatic heterocycles. The Morgan fingerprint density at radius 1 is 1.23 bits per heavy atom. The van der Waals surface area contributed by atoms with Gasteiger partial charge in [-0.05, 0) is 43.0 Å². The van der Waals surface area contributed by atoms with Gasteiger partial charge in [-0.15, -0.1) is 0 Å². The third-order valence-electron chi connectivity index (χ3n) is 5.33. The predicted octanol–water partition coefficient (Wildman–Crippen LogP) is 3.25. The number of methoxy groups -OCH3 is 1. The average Bonchev–Trinajstić information content (AvgIpc) is 2.58. The molecule has 1 aromatic carbocycles. The van der Waals surface area contributed by atoms with Crippen molar-refractivity contribution in [3.05, 3.63) is 56.3 Å². The van der Waals surface area contributed by atoms with Gasteiger partial charge in [-0.3, -0.25) is 9.69 Å². The summed E-state index contributed by atoms with van der Waals surface area (Å²) >= 11 is 0. The Morgan fingerprint density at radius 3 is 2.62 bits per heavy atom. The first-order valence-corrected chi connectivity index (χ1v) is 9.18. The highest BCUT2D eigenvalue weighted by molar-refractivity contribution is 5.43. The third-order valence-corrected chi connectivity index (χ3v) is 5.33. The van der Waals surface area contributed by atoms with Crippen LogP contribution in [-0.4, -0.2) is 28.5 Å². The van der Waals surface area contributed by atoms with Gasteiger partial charge in [0.05, 0.1) is 12.8 Å². The smallest absolute Gasteiger partial charge is 0.254 e. The van der Waals surface area contributed by atoms with Crippen molar-refractivity contribution < 1.29 is 4.74 Å². The molecule has 2 heterocycles. The Hall–Kier alpha value is -2.14. The standard InChI is InChI=1S/C21H29N3O2/c1-13-14(2)18(26-6)8-7-15(13)11-24-10-9-16-17(12-24)22-20(21(3,4)5)23-19(16)25/h7-8H,9-12H2,1-6H3,(H,22,23,25). The van der Waals surface area contributed by atoms with Crippen molar-refractivity contribution in [1.82, 2.24) is 14.9 Å². The number of benzene rings is 1. The maximum Gasteiger partial charge on any atom is 0.254 e. The normalized spacial score (nSPS) is 15.0. The zero-order valence-electron chi connectivity index (χ0n) is 16.7. The molecule has 140 valence electrons. The fourth-order valence-electron chi connectivity index (χ4n) is 3.47. The quantitative estimate of drug-likeness (QED) is 0.918. The van der Waals surface area contributed by atoms with E-state index in [-0.39, 0.29) is 11.0 Å². The molecule has 3 rings (SSSR count). The molecule has 0 bridgehead atoms. The molecule has 0 unspecified atom stereocenters. The number of nitrogens with one attached hydrogen (secondary N) is 1. The Bertz CT molecular complexity index is 878. The second-order valence-electron chi connectivity index (χ2n) is 8.23. The second-order valence-corrected chi connectivity index (χ2v) is 8.23. The SMILES string of the molecule is COc1ccc(CN2CCc3c(nc(C(C)(C)C)[nH]c3=O)C2)c(C)c1C. The fraction of sp³-hybridized carbons (Fsp3) is 0.524. The first-order chi connectivity index (χ1) is 12.2. The number of fused-ring (bicyclic) bond motifs is 1. The number of aromatic nitrogens is 2. The highest BCUT2D eigenvalue weighted by Crippen LogP contribution is 2.26. The van der Waals surface area contributed by atoms with Crippen molar-refractivity contribution in [2.75, 3.05) is 13.7 Å². The Morgan fingerprint density at radius 2 is 1.96 bits per heavy atom. The van der Waals surface area contributed by atoms with Crippen molar-refractivity contribution >= 4 is 0 Å². The number of ether oxygens (including phenoxy) is 1. The molecular formula is C21H29N3O2. The second kappa shape index (κ2) is 6.88. The molecule has 1 N–H and O–H groups in total. The molecule has 26 heavy (non-hydrogen) atoms. The molecule has 1 aromatic heterocycles. The van der Waals surface area contributed by atoms with Gasteiger partial charge < -0.3 is 9.72 Å². The molecule has 0 atom stereocenters. The number of nitrogens with zero attached hydrogens (tertiary/aromatic N) is 2. The van der Waals surface area contributed by atoms with Gasteiger partial charge in [-0.1, -0.05) is 26.8 Å². The van der Waals surface area contributed by atoms with Crippen LogP contribution in [0.2, 0.25) is 0 Å². The maximum absolute atomic E-state index is 12.4. The van der Waals surface area contributed by atoms with E-state index in [1.165, 1.54) is 16.7 Å². The lowest BCUT2D eigenvalue weighted by atomic mass is 9.94. The van der Waals surface area contributed by atoms with Gasteiger partial charge in [-0.25, -0.2) is 4.98 Å². The van der Waals surface area contributed by atoms with Gasteiger partial charge in [0, 0.05) is 30.6 Å². The summed E-state index contributed by atoms with van der Waals surface area (Å²) in [6.45, 7) is 12.9. The Balaban J connectivity index is 1.86. The minimum Gasteiger partial charge on any atom is -0.496 e. The van der Waals surface area contributed by atoms with Crippen LogP contribution in [-0.2, 0) is 24.9 Å². The van der Waals surface area contributed by atoms with Gasteiger partial charge in [0.1, 0.15) is 11.6 Å². The van der Waals surface area contributed by atoms with E-state index in [9.17, 15) is 4.79 Å². The maximum atomic E-state index is 12.4. The van der Waals surface area contributed by atoms with Gasteiger partial charge in [0.25, 0.3) is 5.56 Å². The molecule has 1 aliphatic rings. The number of hydrogen-bond acceptors (Lipinski definition) is 4. The van der Waals surface area contributed by atoms with Crippen LogP contribution in [0.25, 0.3) is 0 Å². The molecule has 2 aromatic rings. The molecule has 0 saturated heterocycles. The lowest BCUT2D eigenvalue weighted by Crippen LogP contribution is -2.36. The minimum atomic E-state index is -0.167. The van der Waals surface area contributed by atoms with Crippen LogP contribution in [0.15, 0.2) is 16.9 Å². The van der Waals surface area contributed by atoms with Crippen LogP contribution < -0.4 is 10.3 Å². The van der Waals surface area contributed by atoms with Gasteiger partial charge in [-0.2, -0.15) is 0 Å². The molecule has 0 radical (unpaired) electrons. The molecule has 5 heteroatoms. The van der Waals surface area contributed by atoms with Crippen LogP contribution in [0.3, 0.4) is 0 Å². The minimum absolute atomic E-state index is 0.0241. The molecule has 5 nitrogen and oxygen atoms in total. The Kier molecular flexibility index (Phi) is 4.93. The van der Waals surface area contributed by atoms with Crippen LogP contribution in [0, 0.1) is 13.8 Å². The fourth-order valence-corrected chi connectivity index (χ4v) is 3.47. The number of hydrogen-bond donors (Lipinski definition) is 1. The highest BCUT2D eigenvalue weighted by atomic mass is 16.5. The van der Waals surface area contributed by atoms with E-state index >= 15 is 0 Å². The van der Waals surface area contributed by atoms with Crippen molar-refractivity contribution in [1.29, 1.82) is 0 Å². The van der Waals surface area contributed by atoms with Crippen molar-refractivity contribution in [2.45, 2.75) is 59.5 Å². The van der Waals surface area contributed by atoms with Crippen LogP contribution >= 0.6 is 0 Å². The summed E-state index contributed by atoms with van der Waals surface area (Å²) in [6, 6.07) is 4.18. The van der Waals surface area contributed by atoms with E-state index < -0.39 is 0 Å². The molecule has 0 aliphatic carbocycles.